The Morgan fingerprint density at radius 1 is 0.933 bits per heavy atom. The molecule has 0 aliphatic carbocycles. The summed E-state index contributed by atoms with van der Waals surface area (Å²) < 4.78 is 0. The first-order valence-electron chi connectivity index (χ1n) is 9.77. The molecule has 2 amide bonds. The predicted octanol–water partition coefficient (Wildman–Crippen LogP) is 6.04. The molecule has 1 heterocycles. The van der Waals surface area contributed by atoms with Gasteiger partial charge < -0.3 is 5.32 Å². The van der Waals surface area contributed by atoms with E-state index in [1.807, 2.05) is 66.4 Å². The minimum Gasteiger partial charge on any atom is -0.320 e. The fraction of sp³-hybridized carbons (Fsp3) is 0.167. The summed E-state index contributed by atoms with van der Waals surface area (Å²) in [6.45, 7) is 0. The van der Waals surface area contributed by atoms with Gasteiger partial charge in [0.1, 0.15) is 0 Å². The molecule has 0 unspecified atom stereocenters. The van der Waals surface area contributed by atoms with Crippen LogP contribution in [0.5, 0.6) is 0 Å². The van der Waals surface area contributed by atoms with Crippen molar-refractivity contribution in [1.82, 2.24) is 0 Å². The van der Waals surface area contributed by atoms with Gasteiger partial charge in [-0.25, -0.2) is 0 Å². The molecule has 30 heavy (non-hydrogen) atoms. The van der Waals surface area contributed by atoms with Gasteiger partial charge in [0.05, 0.1) is 29.0 Å². The van der Waals surface area contributed by atoms with E-state index in [2.05, 4.69) is 33.4 Å². The summed E-state index contributed by atoms with van der Waals surface area (Å²) in [6.07, 6.45) is 1.37. The molecule has 4 rings (SSSR count). The van der Waals surface area contributed by atoms with E-state index in [9.17, 15) is 9.59 Å². The third-order valence-electron chi connectivity index (χ3n) is 4.86. The number of benzene rings is 3. The number of carbonyl (C=O) groups is 2. The van der Waals surface area contributed by atoms with Crippen molar-refractivity contribution in [3.8, 4) is 0 Å². The summed E-state index contributed by atoms with van der Waals surface area (Å²) >= 11 is 5.26. The number of hydrogen-bond acceptors (Lipinski definition) is 3. The first-order chi connectivity index (χ1) is 14.7. The lowest BCUT2D eigenvalue weighted by Gasteiger charge is -2.24. The quantitative estimate of drug-likeness (QED) is 0.266. The summed E-state index contributed by atoms with van der Waals surface area (Å²) in [5.74, 6) is 0.774. The number of amides is 2. The SMILES string of the molecule is O=C1Nc2ccccc2N(C(=O)Cc2ccc(SCCCBr)cc2)c2ccccc21. The highest BCUT2D eigenvalue weighted by Gasteiger charge is 2.28. The van der Waals surface area contributed by atoms with E-state index in [0.29, 0.717) is 22.6 Å². The van der Waals surface area contributed by atoms with Crippen LogP contribution in [0, 0.1) is 0 Å². The predicted molar refractivity (Wildman–Crippen MR) is 127 cm³/mol. The molecule has 4 nitrogen and oxygen atoms in total. The van der Waals surface area contributed by atoms with Crippen LogP contribution in [0.4, 0.5) is 17.1 Å². The average molecular weight is 481 g/mol. The van der Waals surface area contributed by atoms with Crippen molar-refractivity contribution < 1.29 is 9.59 Å². The molecule has 0 aromatic heterocycles. The molecule has 0 fully saturated rings. The highest BCUT2D eigenvalue weighted by molar-refractivity contribution is 9.09. The van der Waals surface area contributed by atoms with Gasteiger partial charge in [-0.1, -0.05) is 52.3 Å². The van der Waals surface area contributed by atoms with Gasteiger partial charge in [0.15, 0.2) is 0 Å². The zero-order valence-corrected chi connectivity index (χ0v) is 18.7. The van der Waals surface area contributed by atoms with Crippen LogP contribution in [-0.2, 0) is 11.2 Å². The number of carbonyl (C=O) groups excluding carboxylic acids is 2. The van der Waals surface area contributed by atoms with Crippen molar-refractivity contribution in [1.29, 1.82) is 0 Å². The maximum Gasteiger partial charge on any atom is 0.257 e. The fourth-order valence-corrected chi connectivity index (χ4v) is 4.93. The Bertz CT molecular complexity index is 1070. The molecule has 1 aliphatic rings. The van der Waals surface area contributed by atoms with Crippen LogP contribution >= 0.6 is 27.7 Å². The molecule has 0 spiro atoms. The second-order valence-electron chi connectivity index (χ2n) is 6.93. The number of anilines is 3. The van der Waals surface area contributed by atoms with E-state index >= 15 is 0 Å². The summed E-state index contributed by atoms with van der Waals surface area (Å²) in [5, 5.41) is 3.92. The third kappa shape index (κ3) is 4.45. The molecule has 0 saturated carbocycles. The van der Waals surface area contributed by atoms with Crippen LogP contribution in [0.1, 0.15) is 22.3 Å². The Morgan fingerprint density at radius 3 is 2.40 bits per heavy atom. The molecular formula is C24H21BrN2O2S. The first-order valence-corrected chi connectivity index (χ1v) is 11.9. The number of halogens is 1. The van der Waals surface area contributed by atoms with Gasteiger partial charge in [0.25, 0.3) is 5.91 Å². The molecule has 1 aliphatic heterocycles. The Kier molecular flexibility index (Phi) is 6.55. The van der Waals surface area contributed by atoms with Crippen molar-refractivity contribution in [2.75, 3.05) is 21.3 Å². The Labute approximate surface area is 188 Å². The molecule has 0 saturated heterocycles. The van der Waals surface area contributed by atoms with Gasteiger partial charge in [0, 0.05) is 10.2 Å². The first kappa shape index (κ1) is 20.7. The van der Waals surface area contributed by atoms with E-state index in [-0.39, 0.29) is 18.2 Å². The van der Waals surface area contributed by atoms with E-state index in [4.69, 9.17) is 0 Å². The van der Waals surface area contributed by atoms with E-state index in [1.165, 1.54) is 4.90 Å². The normalized spacial score (nSPS) is 12.6. The van der Waals surface area contributed by atoms with Crippen molar-refractivity contribution in [3.63, 3.8) is 0 Å². The van der Waals surface area contributed by atoms with Crippen LogP contribution in [0.25, 0.3) is 0 Å². The van der Waals surface area contributed by atoms with Crippen molar-refractivity contribution in [3.05, 3.63) is 83.9 Å². The second kappa shape index (κ2) is 9.49. The summed E-state index contributed by atoms with van der Waals surface area (Å²) in [5.41, 5.74) is 3.35. The van der Waals surface area contributed by atoms with Crippen LogP contribution < -0.4 is 10.2 Å². The van der Waals surface area contributed by atoms with Gasteiger partial charge in [-0.3, -0.25) is 14.5 Å². The fourth-order valence-electron chi connectivity index (χ4n) is 3.42. The number of alkyl halides is 1. The number of thioether (sulfide) groups is 1. The third-order valence-corrected chi connectivity index (χ3v) is 6.52. The van der Waals surface area contributed by atoms with E-state index in [0.717, 1.165) is 23.1 Å². The number of nitrogens with one attached hydrogen (secondary N) is 1. The largest absolute Gasteiger partial charge is 0.320 e. The maximum absolute atomic E-state index is 13.4. The molecule has 6 heteroatoms. The van der Waals surface area contributed by atoms with Crippen molar-refractivity contribution in [2.45, 2.75) is 17.7 Å². The molecule has 0 atom stereocenters. The molecule has 1 N–H and O–H groups in total. The minimum absolute atomic E-state index is 0.0777. The minimum atomic E-state index is -0.210. The summed E-state index contributed by atoms with van der Waals surface area (Å²) in [4.78, 5) is 29.0. The number of fused-ring (bicyclic) bond motifs is 2. The van der Waals surface area contributed by atoms with Gasteiger partial charge in [-0.15, -0.1) is 11.8 Å². The monoisotopic (exact) mass is 480 g/mol. The summed E-state index contributed by atoms with van der Waals surface area (Å²) in [7, 11) is 0. The van der Waals surface area contributed by atoms with Crippen molar-refractivity contribution >= 4 is 56.6 Å². The Morgan fingerprint density at radius 2 is 1.63 bits per heavy atom. The Hall–Kier alpha value is -2.57. The lowest BCUT2D eigenvalue weighted by molar-refractivity contribution is -0.117. The van der Waals surface area contributed by atoms with Crippen LogP contribution in [0.3, 0.4) is 0 Å². The van der Waals surface area contributed by atoms with Crippen LogP contribution in [-0.4, -0.2) is 22.9 Å². The molecule has 0 bridgehead atoms. The zero-order chi connectivity index (χ0) is 20.9. The summed E-state index contributed by atoms with van der Waals surface area (Å²) in [6, 6.07) is 22.8. The second-order valence-corrected chi connectivity index (χ2v) is 8.89. The highest BCUT2D eigenvalue weighted by Crippen LogP contribution is 2.38. The van der Waals surface area contributed by atoms with Gasteiger partial charge in [-0.2, -0.15) is 0 Å². The highest BCUT2D eigenvalue weighted by atomic mass is 79.9. The Balaban J connectivity index is 1.62. The molecule has 0 radical (unpaired) electrons. The number of hydrogen-bond donors (Lipinski definition) is 1. The number of rotatable bonds is 6. The lowest BCUT2D eigenvalue weighted by Crippen LogP contribution is -2.28. The van der Waals surface area contributed by atoms with Gasteiger partial charge in [-0.05, 0) is 54.1 Å². The standard InChI is InChI=1S/C24H21BrN2O2S/c25-14-5-15-30-18-12-10-17(11-13-18)16-23(28)27-21-8-3-1-6-19(21)24(29)26-20-7-2-4-9-22(20)27/h1-4,6-13H,5,14-16H2,(H,26,29). The smallest absolute Gasteiger partial charge is 0.257 e. The van der Waals surface area contributed by atoms with Gasteiger partial charge in [0.2, 0.25) is 5.91 Å². The molecule has 3 aromatic rings. The van der Waals surface area contributed by atoms with Crippen LogP contribution in [0.2, 0.25) is 0 Å². The van der Waals surface area contributed by atoms with E-state index < -0.39 is 0 Å². The van der Waals surface area contributed by atoms with E-state index in [1.54, 1.807) is 11.0 Å². The average Bonchev–Trinajstić information content (AvgIpc) is 2.89. The number of nitrogens with zero attached hydrogens (tertiary/aromatic N) is 1. The molecule has 3 aromatic carbocycles. The van der Waals surface area contributed by atoms with Gasteiger partial charge >= 0.3 is 0 Å². The number of para-hydroxylation sites is 3. The van der Waals surface area contributed by atoms with Crippen molar-refractivity contribution in [2.24, 2.45) is 0 Å². The topological polar surface area (TPSA) is 49.4 Å². The lowest BCUT2D eigenvalue weighted by atomic mass is 10.1. The molecule has 152 valence electrons. The zero-order valence-electron chi connectivity index (χ0n) is 16.3. The maximum atomic E-state index is 13.4. The molecular weight excluding hydrogens is 460 g/mol. The van der Waals surface area contributed by atoms with Crippen LogP contribution in [0.15, 0.2) is 77.7 Å².